The van der Waals surface area contributed by atoms with Gasteiger partial charge in [-0.3, -0.25) is 4.90 Å². The molecule has 0 aromatic heterocycles. The van der Waals surface area contributed by atoms with Crippen molar-refractivity contribution in [2.45, 2.75) is 36.3 Å². The van der Waals surface area contributed by atoms with Crippen molar-refractivity contribution in [2.24, 2.45) is 0 Å². The van der Waals surface area contributed by atoms with Gasteiger partial charge >= 0.3 is 0 Å². The zero-order chi connectivity index (χ0) is 15.7. The lowest BCUT2D eigenvalue weighted by atomic mass is 10.1. The van der Waals surface area contributed by atoms with Crippen LogP contribution in [-0.2, 0) is 10.0 Å². The van der Waals surface area contributed by atoms with Gasteiger partial charge in [-0.15, -0.1) is 0 Å². The SMILES string of the molecule is O=S(=O)(c1cccc(Cl)c1)N1CCC(N2CC[C@@H](O)C2)CC1. The maximum Gasteiger partial charge on any atom is 0.243 e. The summed E-state index contributed by atoms with van der Waals surface area (Å²) in [5.41, 5.74) is 0. The van der Waals surface area contributed by atoms with Crippen molar-refractivity contribution >= 4 is 21.6 Å². The Hall–Kier alpha value is -0.660. The number of aliphatic hydroxyl groups is 1. The van der Waals surface area contributed by atoms with E-state index in [0.29, 0.717) is 30.7 Å². The third-order valence-corrected chi connectivity index (χ3v) is 6.70. The fourth-order valence-electron chi connectivity index (χ4n) is 3.32. The first-order valence-corrected chi connectivity index (χ1v) is 9.46. The Morgan fingerprint density at radius 3 is 2.45 bits per heavy atom. The number of hydrogen-bond acceptors (Lipinski definition) is 4. The molecule has 1 atom stereocenters. The minimum atomic E-state index is -3.46. The molecule has 0 radical (unpaired) electrons. The molecule has 0 saturated carbocycles. The summed E-state index contributed by atoms with van der Waals surface area (Å²) in [4.78, 5) is 2.55. The van der Waals surface area contributed by atoms with Crippen LogP contribution in [0.4, 0.5) is 0 Å². The molecule has 0 aliphatic carbocycles. The van der Waals surface area contributed by atoms with Crippen molar-refractivity contribution < 1.29 is 13.5 Å². The average molecular weight is 345 g/mol. The monoisotopic (exact) mass is 344 g/mol. The predicted molar refractivity (Wildman–Crippen MR) is 85.4 cm³/mol. The molecule has 0 amide bonds. The number of likely N-dealkylation sites (tertiary alicyclic amines) is 1. The number of benzene rings is 1. The summed E-state index contributed by atoms with van der Waals surface area (Å²) >= 11 is 5.90. The fraction of sp³-hybridized carbons (Fsp3) is 0.600. The van der Waals surface area contributed by atoms with E-state index in [1.807, 2.05) is 0 Å². The molecule has 2 heterocycles. The molecule has 2 aliphatic heterocycles. The van der Waals surface area contributed by atoms with Gasteiger partial charge in [-0.2, -0.15) is 4.31 Å². The van der Waals surface area contributed by atoms with Crippen LogP contribution in [0.25, 0.3) is 0 Å². The molecule has 0 bridgehead atoms. The van der Waals surface area contributed by atoms with E-state index in [1.165, 1.54) is 6.07 Å². The minimum Gasteiger partial charge on any atom is -0.392 e. The van der Waals surface area contributed by atoms with Crippen molar-refractivity contribution in [3.05, 3.63) is 29.3 Å². The summed E-state index contributed by atoms with van der Waals surface area (Å²) in [6.45, 7) is 2.66. The summed E-state index contributed by atoms with van der Waals surface area (Å²) in [7, 11) is -3.46. The molecule has 5 nitrogen and oxygen atoms in total. The molecule has 3 rings (SSSR count). The summed E-state index contributed by atoms with van der Waals surface area (Å²) in [6, 6.07) is 6.80. The quantitative estimate of drug-likeness (QED) is 0.904. The summed E-state index contributed by atoms with van der Waals surface area (Å²) in [6.07, 6.45) is 2.22. The first kappa shape index (κ1) is 16.2. The second-order valence-corrected chi connectivity index (χ2v) is 8.40. The fourth-order valence-corrected chi connectivity index (χ4v) is 5.10. The summed E-state index contributed by atoms with van der Waals surface area (Å²) < 4.78 is 26.8. The van der Waals surface area contributed by atoms with Gasteiger partial charge in [-0.1, -0.05) is 17.7 Å². The Morgan fingerprint density at radius 2 is 1.86 bits per heavy atom. The van der Waals surface area contributed by atoms with Gasteiger partial charge in [0.25, 0.3) is 0 Å². The molecular formula is C15H21ClN2O3S. The van der Waals surface area contributed by atoms with Crippen LogP contribution in [0.15, 0.2) is 29.2 Å². The molecule has 1 aromatic rings. The van der Waals surface area contributed by atoms with Gasteiger partial charge in [0.2, 0.25) is 10.0 Å². The van der Waals surface area contributed by atoms with E-state index in [-0.39, 0.29) is 11.0 Å². The molecule has 2 saturated heterocycles. The third-order valence-electron chi connectivity index (χ3n) is 4.57. The Balaban J connectivity index is 1.65. The number of nitrogens with zero attached hydrogens (tertiary/aromatic N) is 2. The van der Waals surface area contributed by atoms with E-state index >= 15 is 0 Å². The number of β-amino-alcohol motifs (C(OH)–C–C–N with tert-alkyl or cyclic N) is 1. The second kappa shape index (κ2) is 6.45. The number of sulfonamides is 1. The van der Waals surface area contributed by atoms with E-state index in [2.05, 4.69) is 4.90 Å². The maximum absolute atomic E-state index is 12.6. The smallest absolute Gasteiger partial charge is 0.243 e. The average Bonchev–Trinajstić information content (AvgIpc) is 2.94. The topological polar surface area (TPSA) is 60.9 Å². The van der Waals surface area contributed by atoms with Crippen molar-refractivity contribution in [1.82, 2.24) is 9.21 Å². The summed E-state index contributed by atoms with van der Waals surface area (Å²) in [5, 5.41) is 10.1. The van der Waals surface area contributed by atoms with E-state index in [1.54, 1.807) is 22.5 Å². The molecule has 0 spiro atoms. The highest BCUT2D eigenvalue weighted by Crippen LogP contribution is 2.26. The van der Waals surface area contributed by atoms with Gasteiger partial charge in [0.1, 0.15) is 0 Å². The molecule has 2 fully saturated rings. The molecule has 1 N–H and O–H groups in total. The minimum absolute atomic E-state index is 0.228. The zero-order valence-corrected chi connectivity index (χ0v) is 13.9. The summed E-state index contributed by atoms with van der Waals surface area (Å²) in [5.74, 6) is 0. The first-order chi connectivity index (χ1) is 10.5. The van der Waals surface area contributed by atoms with E-state index in [0.717, 1.165) is 25.8 Å². The molecular weight excluding hydrogens is 324 g/mol. The largest absolute Gasteiger partial charge is 0.392 e. The highest BCUT2D eigenvalue weighted by atomic mass is 35.5. The standard InChI is InChI=1S/C15H21ClN2O3S/c16-12-2-1-3-15(10-12)22(20,21)18-8-4-13(5-9-18)17-7-6-14(19)11-17/h1-3,10,13-14,19H,4-9,11H2/t14-/m1/s1. The number of rotatable bonds is 3. The van der Waals surface area contributed by atoms with Gasteiger partial charge < -0.3 is 5.11 Å². The highest BCUT2D eigenvalue weighted by molar-refractivity contribution is 7.89. The van der Waals surface area contributed by atoms with Gasteiger partial charge in [-0.05, 0) is 37.5 Å². The molecule has 1 aromatic carbocycles. The Bertz CT molecular complexity index is 629. The van der Waals surface area contributed by atoms with Crippen molar-refractivity contribution in [3.8, 4) is 0 Å². The molecule has 22 heavy (non-hydrogen) atoms. The van der Waals surface area contributed by atoms with Crippen molar-refractivity contribution in [2.75, 3.05) is 26.2 Å². The van der Waals surface area contributed by atoms with Crippen LogP contribution >= 0.6 is 11.6 Å². The van der Waals surface area contributed by atoms with Crippen LogP contribution in [0.1, 0.15) is 19.3 Å². The van der Waals surface area contributed by atoms with Gasteiger partial charge in [0, 0.05) is 37.2 Å². The normalized spacial score (nSPS) is 25.6. The van der Waals surface area contributed by atoms with Gasteiger partial charge in [0.15, 0.2) is 0 Å². The number of aliphatic hydroxyl groups excluding tert-OH is 1. The van der Waals surface area contributed by atoms with Crippen molar-refractivity contribution in [1.29, 1.82) is 0 Å². The predicted octanol–water partition coefficient (Wildman–Crippen LogP) is 1.56. The lowest BCUT2D eigenvalue weighted by Gasteiger charge is -2.36. The first-order valence-electron chi connectivity index (χ1n) is 7.64. The van der Waals surface area contributed by atoms with Crippen LogP contribution in [0, 0.1) is 0 Å². The van der Waals surface area contributed by atoms with Gasteiger partial charge in [-0.25, -0.2) is 8.42 Å². The third kappa shape index (κ3) is 3.31. The number of halogens is 1. The molecule has 2 aliphatic rings. The van der Waals surface area contributed by atoms with E-state index in [9.17, 15) is 13.5 Å². The molecule has 122 valence electrons. The van der Waals surface area contributed by atoms with Crippen molar-refractivity contribution in [3.63, 3.8) is 0 Å². The van der Waals surface area contributed by atoms with Gasteiger partial charge in [0.05, 0.1) is 11.0 Å². The van der Waals surface area contributed by atoms with E-state index in [4.69, 9.17) is 11.6 Å². The molecule has 7 heteroatoms. The van der Waals surface area contributed by atoms with Crippen LogP contribution in [0.5, 0.6) is 0 Å². The number of piperidine rings is 1. The van der Waals surface area contributed by atoms with Crippen LogP contribution in [0.3, 0.4) is 0 Å². The molecule has 0 unspecified atom stereocenters. The van der Waals surface area contributed by atoms with Crippen LogP contribution < -0.4 is 0 Å². The zero-order valence-electron chi connectivity index (χ0n) is 12.4. The Labute approximate surface area is 136 Å². The number of hydrogen-bond donors (Lipinski definition) is 1. The second-order valence-electron chi connectivity index (χ2n) is 6.03. The lowest BCUT2D eigenvalue weighted by molar-refractivity contribution is 0.132. The van der Waals surface area contributed by atoms with E-state index < -0.39 is 10.0 Å². The van der Waals surface area contributed by atoms with Crippen LogP contribution in [0.2, 0.25) is 5.02 Å². The van der Waals surface area contributed by atoms with Crippen LogP contribution in [-0.4, -0.2) is 61.1 Å². The Morgan fingerprint density at radius 1 is 1.14 bits per heavy atom. The maximum atomic E-state index is 12.6. The lowest BCUT2D eigenvalue weighted by Crippen LogP contribution is -2.46. The highest BCUT2D eigenvalue weighted by Gasteiger charge is 2.34. The Kier molecular flexibility index (Phi) is 4.75.